The van der Waals surface area contributed by atoms with Gasteiger partial charge in [0.25, 0.3) is 5.91 Å². The fourth-order valence-corrected chi connectivity index (χ4v) is 2.57. The topological polar surface area (TPSA) is 90.7 Å². The van der Waals surface area contributed by atoms with Crippen LogP contribution in [-0.4, -0.2) is 17.9 Å². The molecule has 0 spiro atoms. The SMILES string of the molecule is C[C@@H](Oc1ccc(C(N)=O)cc1)C(=O)Nc1ccc(OCc2ccccc2)cc1. The van der Waals surface area contributed by atoms with Gasteiger partial charge >= 0.3 is 0 Å². The molecule has 0 radical (unpaired) electrons. The summed E-state index contributed by atoms with van der Waals surface area (Å²) in [7, 11) is 0. The molecule has 29 heavy (non-hydrogen) atoms. The first-order chi connectivity index (χ1) is 14.0. The van der Waals surface area contributed by atoms with Crippen LogP contribution in [-0.2, 0) is 11.4 Å². The number of nitrogens with one attached hydrogen (secondary N) is 1. The molecule has 148 valence electrons. The molecule has 0 saturated carbocycles. The number of hydrogen-bond donors (Lipinski definition) is 2. The molecule has 0 aliphatic carbocycles. The summed E-state index contributed by atoms with van der Waals surface area (Å²) in [4.78, 5) is 23.4. The van der Waals surface area contributed by atoms with Crippen LogP contribution in [0.2, 0.25) is 0 Å². The molecule has 0 fully saturated rings. The van der Waals surface area contributed by atoms with Gasteiger partial charge in [-0.1, -0.05) is 30.3 Å². The number of benzene rings is 3. The zero-order valence-electron chi connectivity index (χ0n) is 16.0. The average molecular weight is 390 g/mol. The number of nitrogens with two attached hydrogens (primary N) is 1. The van der Waals surface area contributed by atoms with Crippen LogP contribution in [0.1, 0.15) is 22.8 Å². The number of ether oxygens (including phenoxy) is 2. The predicted molar refractivity (Wildman–Crippen MR) is 111 cm³/mol. The lowest BCUT2D eigenvalue weighted by Crippen LogP contribution is -2.30. The van der Waals surface area contributed by atoms with Crippen molar-refractivity contribution in [3.8, 4) is 11.5 Å². The monoisotopic (exact) mass is 390 g/mol. The van der Waals surface area contributed by atoms with E-state index in [1.54, 1.807) is 55.5 Å². The van der Waals surface area contributed by atoms with E-state index < -0.39 is 12.0 Å². The number of rotatable bonds is 8. The van der Waals surface area contributed by atoms with Crippen molar-refractivity contribution in [2.75, 3.05) is 5.32 Å². The summed E-state index contributed by atoms with van der Waals surface area (Å²) >= 11 is 0. The van der Waals surface area contributed by atoms with Crippen molar-refractivity contribution in [3.63, 3.8) is 0 Å². The third kappa shape index (κ3) is 5.84. The molecule has 0 aliphatic rings. The number of anilines is 1. The molecule has 0 bridgehead atoms. The number of hydrogen-bond acceptors (Lipinski definition) is 4. The highest BCUT2D eigenvalue weighted by Crippen LogP contribution is 2.18. The van der Waals surface area contributed by atoms with E-state index in [1.165, 1.54) is 0 Å². The molecular formula is C23H22N2O4. The zero-order chi connectivity index (χ0) is 20.6. The van der Waals surface area contributed by atoms with Gasteiger partial charge in [0, 0.05) is 11.3 Å². The van der Waals surface area contributed by atoms with Crippen LogP contribution in [0, 0.1) is 0 Å². The molecule has 0 aromatic heterocycles. The maximum Gasteiger partial charge on any atom is 0.265 e. The quantitative estimate of drug-likeness (QED) is 0.613. The van der Waals surface area contributed by atoms with Crippen molar-refractivity contribution in [2.45, 2.75) is 19.6 Å². The maximum absolute atomic E-state index is 12.3. The molecule has 0 aliphatic heterocycles. The van der Waals surface area contributed by atoms with Gasteiger partial charge in [0.1, 0.15) is 18.1 Å². The lowest BCUT2D eigenvalue weighted by atomic mass is 10.2. The van der Waals surface area contributed by atoms with Crippen molar-refractivity contribution in [2.24, 2.45) is 5.73 Å². The van der Waals surface area contributed by atoms with E-state index in [0.717, 1.165) is 5.56 Å². The molecule has 6 heteroatoms. The van der Waals surface area contributed by atoms with Crippen LogP contribution in [0.25, 0.3) is 0 Å². The zero-order valence-corrected chi connectivity index (χ0v) is 16.0. The number of amides is 2. The minimum absolute atomic E-state index is 0.290. The highest BCUT2D eigenvalue weighted by Gasteiger charge is 2.15. The Labute approximate surface area is 169 Å². The Morgan fingerprint density at radius 1 is 0.897 bits per heavy atom. The first-order valence-electron chi connectivity index (χ1n) is 9.15. The van der Waals surface area contributed by atoms with E-state index in [2.05, 4.69) is 5.32 Å². The highest BCUT2D eigenvalue weighted by atomic mass is 16.5. The Kier molecular flexibility index (Phi) is 6.47. The van der Waals surface area contributed by atoms with Gasteiger partial charge in [-0.25, -0.2) is 0 Å². The lowest BCUT2D eigenvalue weighted by Gasteiger charge is -2.15. The van der Waals surface area contributed by atoms with Crippen molar-refractivity contribution < 1.29 is 19.1 Å². The van der Waals surface area contributed by atoms with Gasteiger partial charge in [-0.05, 0) is 61.0 Å². The molecule has 3 aromatic carbocycles. The van der Waals surface area contributed by atoms with Crippen molar-refractivity contribution in [1.29, 1.82) is 0 Å². The second-order valence-electron chi connectivity index (χ2n) is 6.44. The molecule has 3 aromatic rings. The molecular weight excluding hydrogens is 368 g/mol. The summed E-state index contributed by atoms with van der Waals surface area (Å²) in [5.41, 5.74) is 7.31. The Balaban J connectivity index is 1.51. The maximum atomic E-state index is 12.3. The van der Waals surface area contributed by atoms with E-state index >= 15 is 0 Å². The van der Waals surface area contributed by atoms with Gasteiger partial charge in [-0.3, -0.25) is 9.59 Å². The van der Waals surface area contributed by atoms with Crippen LogP contribution in [0.4, 0.5) is 5.69 Å². The van der Waals surface area contributed by atoms with Gasteiger partial charge in [-0.2, -0.15) is 0 Å². The van der Waals surface area contributed by atoms with Crippen LogP contribution in [0.5, 0.6) is 11.5 Å². The Morgan fingerprint density at radius 2 is 1.52 bits per heavy atom. The molecule has 0 unspecified atom stereocenters. The molecule has 1 atom stereocenters. The average Bonchev–Trinajstić information content (AvgIpc) is 2.74. The second-order valence-corrected chi connectivity index (χ2v) is 6.44. The summed E-state index contributed by atoms with van der Waals surface area (Å²) in [6.07, 6.45) is -0.719. The van der Waals surface area contributed by atoms with E-state index in [9.17, 15) is 9.59 Å². The summed E-state index contributed by atoms with van der Waals surface area (Å²) in [5.74, 6) is 0.383. The second kappa shape index (κ2) is 9.41. The van der Waals surface area contributed by atoms with E-state index in [-0.39, 0.29) is 5.91 Å². The van der Waals surface area contributed by atoms with Crippen molar-refractivity contribution in [3.05, 3.63) is 90.0 Å². The third-order valence-corrected chi connectivity index (χ3v) is 4.19. The third-order valence-electron chi connectivity index (χ3n) is 4.19. The normalized spacial score (nSPS) is 11.3. The molecule has 0 saturated heterocycles. The van der Waals surface area contributed by atoms with Crippen molar-refractivity contribution >= 4 is 17.5 Å². The first kappa shape index (κ1) is 19.9. The van der Waals surface area contributed by atoms with Crippen LogP contribution >= 0.6 is 0 Å². The summed E-state index contributed by atoms with van der Waals surface area (Å²) < 4.78 is 11.3. The van der Waals surface area contributed by atoms with Gasteiger partial charge in [0.2, 0.25) is 5.91 Å². The smallest absolute Gasteiger partial charge is 0.265 e. The lowest BCUT2D eigenvalue weighted by molar-refractivity contribution is -0.122. The number of carbonyl (C=O) groups is 2. The Hall–Kier alpha value is -3.80. The van der Waals surface area contributed by atoms with E-state index in [0.29, 0.717) is 29.4 Å². The molecule has 2 amide bonds. The molecule has 3 N–H and O–H groups in total. The van der Waals surface area contributed by atoms with Crippen LogP contribution in [0.3, 0.4) is 0 Å². The van der Waals surface area contributed by atoms with E-state index in [4.69, 9.17) is 15.2 Å². The summed E-state index contributed by atoms with van der Waals surface area (Å²) in [5, 5.41) is 2.80. The van der Waals surface area contributed by atoms with E-state index in [1.807, 2.05) is 30.3 Å². The van der Waals surface area contributed by atoms with Crippen LogP contribution in [0.15, 0.2) is 78.9 Å². The minimum atomic E-state index is -0.719. The molecule has 0 heterocycles. The number of carbonyl (C=O) groups excluding carboxylic acids is 2. The fourth-order valence-electron chi connectivity index (χ4n) is 2.57. The van der Waals surface area contributed by atoms with Gasteiger partial charge < -0.3 is 20.5 Å². The first-order valence-corrected chi connectivity index (χ1v) is 9.15. The number of primary amides is 1. The Bertz CT molecular complexity index is 954. The standard InChI is InChI=1S/C23H22N2O4/c1-16(29-21-11-7-18(8-12-21)22(24)26)23(27)25-19-9-13-20(14-10-19)28-15-17-5-3-2-4-6-17/h2-14,16H,15H2,1H3,(H2,24,26)(H,25,27)/t16-/m1/s1. The molecule has 6 nitrogen and oxygen atoms in total. The van der Waals surface area contributed by atoms with Crippen molar-refractivity contribution in [1.82, 2.24) is 0 Å². The summed E-state index contributed by atoms with van der Waals surface area (Å²) in [6.45, 7) is 2.13. The fraction of sp³-hybridized carbons (Fsp3) is 0.130. The minimum Gasteiger partial charge on any atom is -0.489 e. The molecule has 3 rings (SSSR count). The Morgan fingerprint density at radius 3 is 2.14 bits per heavy atom. The van der Waals surface area contributed by atoms with Gasteiger partial charge in [-0.15, -0.1) is 0 Å². The largest absolute Gasteiger partial charge is 0.489 e. The van der Waals surface area contributed by atoms with Crippen LogP contribution < -0.4 is 20.5 Å². The van der Waals surface area contributed by atoms with Gasteiger partial charge in [0.05, 0.1) is 0 Å². The predicted octanol–water partition coefficient (Wildman–Crippen LogP) is 3.77. The highest BCUT2D eigenvalue weighted by molar-refractivity contribution is 5.94. The van der Waals surface area contributed by atoms with Gasteiger partial charge in [0.15, 0.2) is 6.10 Å². The summed E-state index contributed by atoms with van der Waals surface area (Å²) in [6, 6.07) is 23.3.